The summed E-state index contributed by atoms with van der Waals surface area (Å²) in [4.78, 5) is 2.46. The summed E-state index contributed by atoms with van der Waals surface area (Å²) in [5, 5.41) is 7.23. The van der Waals surface area contributed by atoms with Gasteiger partial charge in [0, 0.05) is 47.7 Å². The molecule has 11 rings (SSSR count). The van der Waals surface area contributed by atoms with Crippen LogP contribution in [0.1, 0.15) is 0 Å². The van der Waals surface area contributed by atoms with Gasteiger partial charge in [0.05, 0.1) is 5.69 Å². The van der Waals surface area contributed by atoms with Gasteiger partial charge in [-0.2, -0.15) is 0 Å². The summed E-state index contributed by atoms with van der Waals surface area (Å²) in [6, 6.07) is 72.5. The number of benzene rings is 9. The van der Waals surface area contributed by atoms with E-state index in [4.69, 9.17) is 4.42 Å². The molecule has 3 heteroatoms. The van der Waals surface area contributed by atoms with Crippen molar-refractivity contribution in [3.63, 3.8) is 0 Å². The molecule has 0 spiro atoms. The van der Waals surface area contributed by atoms with Gasteiger partial charge in [-0.05, 0) is 99.4 Å². The smallest absolute Gasteiger partial charge is 0.135 e. The van der Waals surface area contributed by atoms with Crippen molar-refractivity contribution in [3.8, 4) is 33.4 Å². The van der Waals surface area contributed by atoms with Crippen molar-refractivity contribution >= 4 is 81.3 Å². The van der Waals surface area contributed by atoms with Crippen molar-refractivity contribution in [3.05, 3.63) is 200 Å². The van der Waals surface area contributed by atoms with E-state index in [0.717, 1.165) is 44.6 Å². The third-order valence-corrected chi connectivity index (χ3v) is 12.0. The van der Waals surface area contributed by atoms with Crippen LogP contribution < -0.4 is 4.90 Å². The molecule has 0 unspecified atom stereocenters. The fraction of sp³-hybridized carbons (Fsp3) is 0. The quantitative estimate of drug-likeness (QED) is 0.170. The third kappa shape index (κ3) is 5.40. The average Bonchev–Trinajstić information content (AvgIpc) is 3.82. The molecule has 0 radical (unpaired) electrons. The first-order valence-electron chi connectivity index (χ1n) is 18.7. The van der Waals surface area contributed by atoms with Gasteiger partial charge in [-0.15, -0.1) is 11.3 Å². The van der Waals surface area contributed by atoms with Gasteiger partial charge < -0.3 is 9.32 Å². The molecule has 0 saturated heterocycles. The van der Waals surface area contributed by atoms with Crippen LogP contribution in [0.15, 0.2) is 205 Å². The highest BCUT2D eigenvalue weighted by molar-refractivity contribution is 7.25. The molecule has 11 aromatic rings. The van der Waals surface area contributed by atoms with Gasteiger partial charge >= 0.3 is 0 Å². The number of furan rings is 1. The van der Waals surface area contributed by atoms with Crippen molar-refractivity contribution in [2.75, 3.05) is 4.90 Å². The van der Waals surface area contributed by atoms with Gasteiger partial charge in [0.1, 0.15) is 11.2 Å². The molecule has 0 atom stereocenters. The van der Waals surface area contributed by atoms with Crippen LogP contribution in [-0.4, -0.2) is 0 Å². The first-order chi connectivity index (χ1) is 27.2. The van der Waals surface area contributed by atoms with E-state index in [1.165, 1.54) is 58.8 Å². The first-order valence-corrected chi connectivity index (χ1v) is 19.5. The number of hydrogen-bond donors (Lipinski definition) is 0. The van der Waals surface area contributed by atoms with Crippen LogP contribution in [0, 0.1) is 0 Å². The Hall–Kier alpha value is -6.94. The Morgan fingerprint density at radius 3 is 1.71 bits per heavy atom. The maximum atomic E-state index is 6.21. The Morgan fingerprint density at radius 1 is 0.327 bits per heavy atom. The van der Waals surface area contributed by atoms with Gasteiger partial charge in [0.2, 0.25) is 0 Å². The minimum absolute atomic E-state index is 0.904. The average molecular weight is 720 g/mol. The molecule has 9 aromatic carbocycles. The number of fused-ring (bicyclic) bond motifs is 7. The number of hydrogen-bond acceptors (Lipinski definition) is 3. The molecule has 0 aliphatic carbocycles. The van der Waals surface area contributed by atoms with Crippen molar-refractivity contribution in [2.45, 2.75) is 0 Å². The van der Waals surface area contributed by atoms with E-state index in [2.05, 4.69) is 193 Å². The maximum absolute atomic E-state index is 6.21. The molecule has 0 amide bonds. The highest BCUT2D eigenvalue weighted by atomic mass is 32.1. The van der Waals surface area contributed by atoms with Crippen molar-refractivity contribution in [1.29, 1.82) is 0 Å². The zero-order chi connectivity index (χ0) is 36.3. The normalized spacial score (nSPS) is 11.6. The lowest BCUT2D eigenvalue weighted by Gasteiger charge is -2.29. The van der Waals surface area contributed by atoms with Crippen LogP contribution in [0.2, 0.25) is 0 Å². The maximum Gasteiger partial charge on any atom is 0.135 e. The van der Waals surface area contributed by atoms with Crippen LogP contribution >= 0.6 is 11.3 Å². The molecule has 0 aliphatic heterocycles. The molecule has 55 heavy (non-hydrogen) atoms. The number of rotatable bonds is 6. The number of para-hydroxylation sites is 1. The van der Waals surface area contributed by atoms with Gasteiger partial charge in [0.25, 0.3) is 0 Å². The lowest BCUT2D eigenvalue weighted by atomic mass is 9.94. The molecule has 2 heterocycles. The van der Waals surface area contributed by atoms with E-state index >= 15 is 0 Å². The molecular weight excluding hydrogens is 687 g/mol. The van der Waals surface area contributed by atoms with Crippen LogP contribution in [-0.2, 0) is 0 Å². The summed E-state index contributed by atoms with van der Waals surface area (Å²) < 4.78 is 8.78. The molecule has 2 nitrogen and oxygen atoms in total. The van der Waals surface area contributed by atoms with Gasteiger partial charge in [-0.25, -0.2) is 0 Å². The van der Waals surface area contributed by atoms with Gasteiger partial charge in [-0.1, -0.05) is 140 Å². The highest BCUT2D eigenvalue weighted by Gasteiger charge is 2.21. The van der Waals surface area contributed by atoms with Gasteiger partial charge in [0.15, 0.2) is 0 Å². The molecule has 0 aliphatic rings. The first kappa shape index (κ1) is 31.6. The molecular formula is C52H33NOS. The number of anilines is 3. The second-order valence-corrected chi connectivity index (χ2v) is 15.2. The highest BCUT2D eigenvalue weighted by Crippen LogP contribution is 2.46. The molecule has 0 saturated carbocycles. The lowest BCUT2D eigenvalue weighted by Crippen LogP contribution is -2.11. The zero-order valence-electron chi connectivity index (χ0n) is 29.8. The fourth-order valence-corrected chi connectivity index (χ4v) is 9.38. The predicted molar refractivity (Wildman–Crippen MR) is 235 cm³/mol. The summed E-state index contributed by atoms with van der Waals surface area (Å²) in [7, 11) is 0. The number of nitrogens with zero attached hydrogens (tertiary/aromatic N) is 1. The van der Waals surface area contributed by atoms with Crippen LogP contribution in [0.5, 0.6) is 0 Å². The monoisotopic (exact) mass is 719 g/mol. The van der Waals surface area contributed by atoms with Crippen molar-refractivity contribution in [1.82, 2.24) is 0 Å². The van der Waals surface area contributed by atoms with Crippen LogP contribution in [0.4, 0.5) is 17.1 Å². The van der Waals surface area contributed by atoms with E-state index < -0.39 is 0 Å². The largest absolute Gasteiger partial charge is 0.456 e. The van der Waals surface area contributed by atoms with E-state index in [1.54, 1.807) is 0 Å². The molecule has 0 N–H and O–H groups in total. The summed E-state index contributed by atoms with van der Waals surface area (Å²) >= 11 is 1.85. The summed E-state index contributed by atoms with van der Waals surface area (Å²) in [5.41, 5.74) is 12.2. The fourth-order valence-electron chi connectivity index (χ4n) is 8.24. The Labute approximate surface area is 322 Å². The van der Waals surface area contributed by atoms with E-state index in [1.807, 2.05) is 23.5 Å². The second kappa shape index (κ2) is 12.9. The predicted octanol–water partition coefficient (Wildman–Crippen LogP) is 15.6. The third-order valence-electron chi connectivity index (χ3n) is 10.8. The Bertz CT molecular complexity index is 3150. The molecule has 258 valence electrons. The molecule has 0 fully saturated rings. The summed E-state index contributed by atoms with van der Waals surface area (Å²) in [6.07, 6.45) is 0. The zero-order valence-corrected chi connectivity index (χ0v) is 30.6. The standard InChI is InChI=1S/C52H33NOS/c1-3-13-34(14-4-1)37-29-38(35-15-5-2-6-16-35)31-40(30-37)53(39-24-25-46-45-20-10-12-22-51(45)55-52(46)33-39)48-27-26-41(42-17-7-8-18-43(42)48)36-23-28-50-47(32-36)44-19-9-11-21-49(44)54-50/h1-33H. The minimum Gasteiger partial charge on any atom is -0.456 e. The van der Waals surface area contributed by atoms with Crippen LogP contribution in [0.25, 0.3) is 86.3 Å². The summed E-state index contributed by atoms with van der Waals surface area (Å²) in [6.45, 7) is 0. The lowest BCUT2D eigenvalue weighted by molar-refractivity contribution is 0.669. The Kier molecular flexibility index (Phi) is 7.39. The number of thiophene rings is 1. The summed E-state index contributed by atoms with van der Waals surface area (Å²) in [5.74, 6) is 0. The van der Waals surface area contributed by atoms with E-state index in [-0.39, 0.29) is 0 Å². The van der Waals surface area contributed by atoms with E-state index in [0.29, 0.717) is 0 Å². The molecule has 2 aromatic heterocycles. The topological polar surface area (TPSA) is 16.4 Å². The van der Waals surface area contributed by atoms with E-state index in [9.17, 15) is 0 Å². The SMILES string of the molecule is c1ccc(-c2cc(-c3ccccc3)cc(N(c3ccc4c(c3)sc3ccccc34)c3ccc(-c4ccc5oc6ccccc6c5c4)c4ccccc34)c2)cc1. The van der Waals surface area contributed by atoms with Crippen LogP contribution in [0.3, 0.4) is 0 Å². The second-order valence-electron chi connectivity index (χ2n) is 14.1. The van der Waals surface area contributed by atoms with Crippen molar-refractivity contribution in [2.24, 2.45) is 0 Å². The Morgan fingerprint density at radius 2 is 0.945 bits per heavy atom. The Balaban J connectivity index is 1.16. The minimum atomic E-state index is 0.904. The van der Waals surface area contributed by atoms with Crippen molar-refractivity contribution < 1.29 is 4.42 Å². The van der Waals surface area contributed by atoms with Gasteiger partial charge in [-0.3, -0.25) is 0 Å². The molecule has 0 bridgehead atoms.